The summed E-state index contributed by atoms with van der Waals surface area (Å²) >= 11 is 6.08. The number of hydrogen-bond donors (Lipinski definition) is 0. The van der Waals surface area contributed by atoms with Gasteiger partial charge in [-0.15, -0.1) is 0 Å². The fraction of sp³-hybridized carbons (Fsp3) is 0.714. The van der Waals surface area contributed by atoms with Crippen LogP contribution in [0.4, 0.5) is 5.95 Å². The molecule has 0 saturated carbocycles. The highest BCUT2D eigenvalue weighted by atomic mass is 35.5. The molecule has 8 heteroatoms. The van der Waals surface area contributed by atoms with Gasteiger partial charge in [0.1, 0.15) is 11.8 Å². The van der Waals surface area contributed by atoms with Crippen molar-refractivity contribution in [2.75, 3.05) is 70.7 Å². The molecule has 2 saturated heterocycles. The third kappa shape index (κ3) is 4.42. The minimum Gasteiger partial charge on any atom is -0.476 e. The Morgan fingerprint density at radius 1 is 1.05 bits per heavy atom. The van der Waals surface area contributed by atoms with Gasteiger partial charge in [0.15, 0.2) is 0 Å². The molecule has 122 valence electrons. The summed E-state index contributed by atoms with van der Waals surface area (Å²) < 4.78 is 16.4. The van der Waals surface area contributed by atoms with Gasteiger partial charge >= 0.3 is 0 Å². The van der Waals surface area contributed by atoms with Crippen LogP contribution in [-0.4, -0.2) is 80.6 Å². The Bertz CT molecular complexity index is 479. The molecule has 0 bridgehead atoms. The van der Waals surface area contributed by atoms with E-state index in [1.165, 1.54) is 0 Å². The molecule has 2 aliphatic heterocycles. The van der Waals surface area contributed by atoms with E-state index in [0.717, 1.165) is 45.9 Å². The third-order valence-corrected chi connectivity index (χ3v) is 3.91. The summed E-state index contributed by atoms with van der Waals surface area (Å²) in [7, 11) is 0. The van der Waals surface area contributed by atoms with Crippen molar-refractivity contribution in [2.24, 2.45) is 0 Å². The van der Waals surface area contributed by atoms with Crippen LogP contribution in [-0.2, 0) is 9.47 Å². The first kappa shape index (κ1) is 15.7. The van der Waals surface area contributed by atoms with E-state index in [0.29, 0.717) is 36.8 Å². The van der Waals surface area contributed by atoms with Crippen molar-refractivity contribution in [1.82, 2.24) is 14.9 Å². The highest BCUT2D eigenvalue weighted by Gasteiger charge is 2.16. The first-order valence-electron chi connectivity index (χ1n) is 7.61. The van der Waals surface area contributed by atoms with Gasteiger partial charge in [-0.1, -0.05) is 11.6 Å². The van der Waals surface area contributed by atoms with Crippen LogP contribution in [0.2, 0.25) is 5.15 Å². The van der Waals surface area contributed by atoms with Gasteiger partial charge in [0.25, 0.3) is 0 Å². The molecule has 3 rings (SSSR count). The van der Waals surface area contributed by atoms with Crippen molar-refractivity contribution in [3.8, 4) is 5.88 Å². The van der Waals surface area contributed by atoms with E-state index >= 15 is 0 Å². The van der Waals surface area contributed by atoms with E-state index in [2.05, 4.69) is 19.8 Å². The van der Waals surface area contributed by atoms with Gasteiger partial charge < -0.3 is 19.1 Å². The van der Waals surface area contributed by atoms with E-state index in [-0.39, 0.29) is 0 Å². The fourth-order valence-electron chi connectivity index (χ4n) is 2.47. The van der Waals surface area contributed by atoms with Gasteiger partial charge in [-0.2, -0.15) is 4.98 Å². The van der Waals surface area contributed by atoms with Gasteiger partial charge in [0.05, 0.1) is 26.4 Å². The average Bonchev–Trinajstić information content (AvgIpc) is 2.56. The molecule has 22 heavy (non-hydrogen) atoms. The van der Waals surface area contributed by atoms with Crippen molar-refractivity contribution >= 4 is 17.5 Å². The minimum absolute atomic E-state index is 0.401. The number of aromatic nitrogens is 2. The van der Waals surface area contributed by atoms with E-state index in [4.69, 9.17) is 25.8 Å². The van der Waals surface area contributed by atoms with E-state index in [1.54, 1.807) is 6.07 Å². The lowest BCUT2D eigenvalue weighted by Gasteiger charge is -2.27. The van der Waals surface area contributed by atoms with Crippen molar-refractivity contribution in [3.05, 3.63) is 11.2 Å². The molecule has 7 nitrogen and oxygen atoms in total. The quantitative estimate of drug-likeness (QED) is 0.736. The first-order valence-corrected chi connectivity index (χ1v) is 7.99. The number of halogens is 1. The fourth-order valence-corrected chi connectivity index (χ4v) is 2.64. The highest BCUT2D eigenvalue weighted by Crippen LogP contribution is 2.19. The molecule has 0 spiro atoms. The summed E-state index contributed by atoms with van der Waals surface area (Å²) in [6.45, 7) is 7.84. The van der Waals surface area contributed by atoms with Crippen molar-refractivity contribution < 1.29 is 14.2 Å². The maximum Gasteiger partial charge on any atom is 0.230 e. The number of ether oxygens (including phenoxy) is 3. The Hall–Kier alpha value is -1.15. The van der Waals surface area contributed by atoms with Crippen molar-refractivity contribution in [3.63, 3.8) is 0 Å². The van der Waals surface area contributed by atoms with Crippen LogP contribution in [0.3, 0.4) is 0 Å². The zero-order chi connectivity index (χ0) is 15.2. The van der Waals surface area contributed by atoms with Crippen LogP contribution in [0.5, 0.6) is 5.88 Å². The summed E-state index contributed by atoms with van der Waals surface area (Å²) in [6, 6.07) is 1.66. The lowest BCUT2D eigenvalue weighted by molar-refractivity contribution is 0.0320. The Labute approximate surface area is 135 Å². The lowest BCUT2D eigenvalue weighted by atomic mass is 10.4. The smallest absolute Gasteiger partial charge is 0.230 e. The summed E-state index contributed by atoms with van der Waals surface area (Å²) in [5, 5.41) is 0.401. The molecule has 0 radical (unpaired) electrons. The number of morpholine rings is 2. The third-order valence-electron chi connectivity index (χ3n) is 3.71. The zero-order valence-electron chi connectivity index (χ0n) is 12.5. The zero-order valence-corrected chi connectivity index (χ0v) is 13.3. The molecule has 0 amide bonds. The van der Waals surface area contributed by atoms with Crippen LogP contribution in [0.15, 0.2) is 6.07 Å². The molecule has 0 atom stereocenters. The van der Waals surface area contributed by atoms with Gasteiger partial charge in [0.2, 0.25) is 11.8 Å². The van der Waals surface area contributed by atoms with E-state index in [1.807, 2.05) is 0 Å². The average molecular weight is 329 g/mol. The molecule has 0 aromatic carbocycles. The summed E-state index contributed by atoms with van der Waals surface area (Å²) in [6.07, 6.45) is 0. The topological polar surface area (TPSA) is 60.0 Å². The molecule has 2 fully saturated rings. The molecule has 0 N–H and O–H groups in total. The first-order chi connectivity index (χ1) is 10.8. The van der Waals surface area contributed by atoms with Crippen LogP contribution < -0.4 is 9.64 Å². The van der Waals surface area contributed by atoms with Crippen LogP contribution in [0, 0.1) is 0 Å². The number of nitrogens with zero attached hydrogens (tertiary/aromatic N) is 4. The maximum absolute atomic E-state index is 6.08. The van der Waals surface area contributed by atoms with Crippen LogP contribution in [0.25, 0.3) is 0 Å². The molecular weight excluding hydrogens is 308 g/mol. The summed E-state index contributed by atoms with van der Waals surface area (Å²) in [4.78, 5) is 13.1. The van der Waals surface area contributed by atoms with Crippen molar-refractivity contribution in [1.29, 1.82) is 0 Å². The summed E-state index contributed by atoms with van der Waals surface area (Å²) in [5.74, 6) is 1.13. The van der Waals surface area contributed by atoms with E-state index < -0.39 is 0 Å². The standard InChI is InChI=1S/C14H21ClN4O3/c15-12-11-13(22-10-3-18-1-6-20-7-2-18)17-14(16-12)19-4-8-21-9-5-19/h11H,1-10H2. The van der Waals surface area contributed by atoms with Crippen LogP contribution >= 0.6 is 11.6 Å². The Balaban J connectivity index is 1.54. The molecular formula is C14H21ClN4O3. The SMILES string of the molecule is Clc1cc(OCCN2CCOCC2)nc(N2CCOCC2)n1. The second kappa shape index (κ2) is 7.92. The van der Waals surface area contributed by atoms with Gasteiger partial charge in [-0.3, -0.25) is 4.90 Å². The number of rotatable bonds is 5. The highest BCUT2D eigenvalue weighted by molar-refractivity contribution is 6.29. The number of hydrogen-bond acceptors (Lipinski definition) is 7. The molecule has 2 aliphatic rings. The monoisotopic (exact) mass is 328 g/mol. The predicted octanol–water partition coefficient (Wildman–Crippen LogP) is 0.678. The predicted molar refractivity (Wildman–Crippen MR) is 82.8 cm³/mol. The maximum atomic E-state index is 6.08. The summed E-state index contributed by atoms with van der Waals surface area (Å²) in [5.41, 5.74) is 0. The normalized spacial score (nSPS) is 20.1. The van der Waals surface area contributed by atoms with E-state index in [9.17, 15) is 0 Å². The Morgan fingerprint density at radius 3 is 2.45 bits per heavy atom. The second-order valence-electron chi connectivity index (χ2n) is 5.23. The van der Waals surface area contributed by atoms with Crippen LogP contribution in [0.1, 0.15) is 0 Å². The molecule has 1 aromatic heterocycles. The largest absolute Gasteiger partial charge is 0.476 e. The second-order valence-corrected chi connectivity index (χ2v) is 5.62. The van der Waals surface area contributed by atoms with Gasteiger partial charge in [0, 0.05) is 38.8 Å². The Kier molecular flexibility index (Phi) is 5.66. The molecule has 0 unspecified atom stereocenters. The van der Waals surface area contributed by atoms with Crippen molar-refractivity contribution in [2.45, 2.75) is 0 Å². The minimum atomic E-state index is 0.401. The van der Waals surface area contributed by atoms with Gasteiger partial charge in [-0.25, -0.2) is 4.98 Å². The molecule has 3 heterocycles. The molecule has 0 aliphatic carbocycles. The Morgan fingerprint density at radius 2 is 1.73 bits per heavy atom. The number of anilines is 1. The van der Waals surface area contributed by atoms with Gasteiger partial charge in [-0.05, 0) is 0 Å². The molecule has 1 aromatic rings. The lowest BCUT2D eigenvalue weighted by Crippen LogP contribution is -2.39.